The number of hydrogen-bond acceptors (Lipinski definition) is 5. The number of nitrogens with zero attached hydrogens (tertiary/aromatic N) is 1. The van der Waals surface area contributed by atoms with E-state index in [9.17, 15) is 9.90 Å². The van der Waals surface area contributed by atoms with Crippen LogP contribution in [0.1, 0.15) is 15.9 Å². The molecule has 0 aliphatic heterocycles. The topological polar surface area (TPSA) is 109 Å². The zero-order valence-corrected chi connectivity index (χ0v) is 13.6. The Labute approximate surface area is 143 Å². The van der Waals surface area contributed by atoms with Crippen LogP contribution in [0, 0.1) is 10.9 Å². The van der Waals surface area contributed by atoms with Gasteiger partial charge in [-0.05, 0) is 48.5 Å². The van der Waals surface area contributed by atoms with E-state index < -0.39 is 0 Å². The van der Waals surface area contributed by atoms with Gasteiger partial charge in [0.1, 0.15) is 5.76 Å². The van der Waals surface area contributed by atoms with E-state index in [1.165, 1.54) is 11.8 Å². The van der Waals surface area contributed by atoms with E-state index in [-0.39, 0.29) is 17.5 Å². The molecule has 0 atom stereocenters. The van der Waals surface area contributed by atoms with E-state index in [1.54, 1.807) is 48.5 Å². The van der Waals surface area contributed by atoms with Gasteiger partial charge in [-0.1, -0.05) is 6.58 Å². The Morgan fingerprint density at radius 2 is 1.71 bits per heavy atom. The Morgan fingerprint density at radius 1 is 1.12 bits per heavy atom. The van der Waals surface area contributed by atoms with Gasteiger partial charge in [-0.15, -0.1) is 16.9 Å². The highest BCUT2D eigenvalue weighted by atomic mass is 32.2. The number of carbonyl (C=O) groups excluding carboxylic acids is 1. The van der Waals surface area contributed by atoms with E-state index in [1.807, 2.05) is 0 Å². The Hall–Kier alpha value is -2.93. The second-order valence-corrected chi connectivity index (χ2v) is 5.90. The fraction of sp³-hybridized carbons (Fsp3) is 0.0588. The van der Waals surface area contributed by atoms with Crippen LogP contribution in [0.15, 0.2) is 65.1 Å². The summed E-state index contributed by atoms with van der Waals surface area (Å²) in [7, 11) is 0. The number of carbonyl (C=O) groups is 1. The zero-order valence-electron chi connectivity index (χ0n) is 12.7. The Morgan fingerprint density at radius 3 is 2.25 bits per heavy atom. The molecule has 0 aromatic heterocycles. The summed E-state index contributed by atoms with van der Waals surface area (Å²) in [6.07, 6.45) is 0. The molecule has 0 saturated carbocycles. The summed E-state index contributed by atoms with van der Waals surface area (Å²) in [6, 6.07) is 13.7. The van der Waals surface area contributed by atoms with Crippen LogP contribution < -0.4 is 5.32 Å². The van der Waals surface area contributed by atoms with Crippen LogP contribution in [-0.4, -0.2) is 22.6 Å². The lowest BCUT2D eigenvalue weighted by molar-refractivity contribution is 0.102. The molecule has 4 N–H and O–H groups in total. The van der Waals surface area contributed by atoms with Crippen LogP contribution in [0.4, 0.5) is 5.69 Å². The second kappa shape index (κ2) is 8.07. The maximum absolute atomic E-state index is 12.2. The van der Waals surface area contributed by atoms with Crippen molar-refractivity contribution in [1.82, 2.24) is 0 Å². The van der Waals surface area contributed by atoms with Crippen molar-refractivity contribution in [3.8, 4) is 0 Å². The summed E-state index contributed by atoms with van der Waals surface area (Å²) in [4.78, 5) is 13.1. The third-order valence-corrected chi connectivity index (χ3v) is 4.13. The quantitative estimate of drug-likeness (QED) is 0.203. The van der Waals surface area contributed by atoms with Crippen molar-refractivity contribution in [2.45, 2.75) is 4.90 Å². The number of hydrogen-bond donors (Lipinski definition) is 4. The summed E-state index contributed by atoms with van der Waals surface area (Å²) in [6.45, 7) is 3.44. The van der Waals surface area contributed by atoms with Gasteiger partial charge < -0.3 is 10.4 Å². The molecule has 122 valence electrons. The van der Waals surface area contributed by atoms with Gasteiger partial charge >= 0.3 is 0 Å². The fourth-order valence-electron chi connectivity index (χ4n) is 1.84. The standard InChI is InChI=1S/C17H16N4O2S/c1-11(22)12-2-6-14(7-3-12)20-17(23)13-4-8-15(9-5-13)24-10-16(18)21-19/h2-9,18-19,22H,1,10H2,(H,20,23). The first-order chi connectivity index (χ1) is 11.5. The van der Waals surface area contributed by atoms with Crippen molar-refractivity contribution >= 4 is 35.0 Å². The molecule has 7 heteroatoms. The minimum Gasteiger partial charge on any atom is -0.508 e. The third kappa shape index (κ3) is 4.79. The molecule has 2 aromatic rings. The average Bonchev–Trinajstić information content (AvgIpc) is 2.60. The Balaban J connectivity index is 1.98. The number of anilines is 1. The number of rotatable bonds is 6. The molecule has 24 heavy (non-hydrogen) atoms. The summed E-state index contributed by atoms with van der Waals surface area (Å²) in [5.41, 5.74) is 8.45. The van der Waals surface area contributed by atoms with E-state index in [0.29, 0.717) is 22.6 Å². The largest absolute Gasteiger partial charge is 0.508 e. The molecular formula is C17H16N4O2S. The van der Waals surface area contributed by atoms with E-state index in [0.717, 1.165) is 4.90 Å². The van der Waals surface area contributed by atoms with Gasteiger partial charge in [0, 0.05) is 21.7 Å². The fourth-order valence-corrected chi connectivity index (χ4v) is 2.53. The molecule has 1 amide bonds. The van der Waals surface area contributed by atoms with E-state index in [4.69, 9.17) is 10.9 Å². The summed E-state index contributed by atoms with van der Waals surface area (Å²) < 4.78 is 0. The molecule has 0 aliphatic carbocycles. The van der Waals surface area contributed by atoms with Crippen molar-refractivity contribution in [1.29, 1.82) is 10.9 Å². The highest BCUT2D eigenvalue weighted by Crippen LogP contribution is 2.20. The minimum atomic E-state index is -0.240. The molecule has 6 nitrogen and oxygen atoms in total. The van der Waals surface area contributed by atoms with Gasteiger partial charge in [-0.25, -0.2) is 5.53 Å². The summed E-state index contributed by atoms with van der Waals surface area (Å²) in [5, 5.41) is 22.4. The molecule has 2 aromatic carbocycles. The van der Waals surface area contributed by atoms with Gasteiger partial charge in [0.25, 0.3) is 5.91 Å². The highest BCUT2D eigenvalue weighted by molar-refractivity contribution is 8.00. The van der Waals surface area contributed by atoms with E-state index in [2.05, 4.69) is 17.0 Å². The number of thioether (sulfide) groups is 1. The summed E-state index contributed by atoms with van der Waals surface area (Å²) in [5.74, 6) is 0.0523. The first-order valence-electron chi connectivity index (χ1n) is 6.97. The Kier molecular flexibility index (Phi) is 5.86. The van der Waals surface area contributed by atoms with Crippen LogP contribution in [0.2, 0.25) is 0 Å². The predicted octanol–water partition coefficient (Wildman–Crippen LogP) is 4.57. The first kappa shape index (κ1) is 17.4. The van der Waals surface area contributed by atoms with Crippen molar-refractivity contribution in [3.05, 3.63) is 66.2 Å². The second-order valence-electron chi connectivity index (χ2n) is 4.85. The van der Waals surface area contributed by atoms with Gasteiger partial charge in [0.2, 0.25) is 0 Å². The van der Waals surface area contributed by atoms with Crippen molar-refractivity contribution in [3.63, 3.8) is 0 Å². The highest BCUT2D eigenvalue weighted by Gasteiger charge is 2.07. The SMILES string of the molecule is C=C(O)c1ccc(NC(=O)c2ccc(SCC(=N)N=N)cc2)cc1. The first-order valence-corrected chi connectivity index (χ1v) is 7.95. The molecule has 2 rings (SSSR count). The van der Waals surface area contributed by atoms with Crippen LogP contribution in [0.25, 0.3) is 5.76 Å². The summed E-state index contributed by atoms with van der Waals surface area (Å²) >= 11 is 1.38. The van der Waals surface area contributed by atoms with E-state index >= 15 is 0 Å². The number of aliphatic hydroxyl groups is 1. The molecule has 0 radical (unpaired) electrons. The van der Waals surface area contributed by atoms with Crippen LogP contribution in [-0.2, 0) is 0 Å². The molecule has 0 aliphatic rings. The van der Waals surface area contributed by atoms with Crippen molar-refractivity contribution in [2.24, 2.45) is 5.11 Å². The maximum Gasteiger partial charge on any atom is 0.255 e. The average molecular weight is 340 g/mol. The van der Waals surface area contributed by atoms with Crippen molar-refractivity contribution < 1.29 is 9.90 Å². The Bertz CT molecular complexity index is 770. The number of benzene rings is 2. The molecule has 0 unspecified atom stereocenters. The van der Waals surface area contributed by atoms with Gasteiger partial charge in [-0.3, -0.25) is 10.2 Å². The lowest BCUT2D eigenvalue weighted by atomic mass is 10.1. The van der Waals surface area contributed by atoms with Gasteiger partial charge in [0.15, 0.2) is 5.84 Å². The number of amides is 1. The lowest BCUT2D eigenvalue weighted by Crippen LogP contribution is -2.11. The molecule has 0 saturated heterocycles. The molecule has 0 bridgehead atoms. The molecule has 0 heterocycles. The maximum atomic E-state index is 12.2. The van der Waals surface area contributed by atoms with Gasteiger partial charge in [-0.2, -0.15) is 0 Å². The van der Waals surface area contributed by atoms with Gasteiger partial charge in [0.05, 0.1) is 5.75 Å². The molecule has 0 spiro atoms. The number of amidine groups is 1. The van der Waals surface area contributed by atoms with Crippen LogP contribution >= 0.6 is 11.8 Å². The lowest BCUT2D eigenvalue weighted by Gasteiger charge is -2.07. The van der Waals surface area contributed by atoms with Crippen LogP contribution in [0.3, 0.4) is 0 Å². The normalized spacial score (nSPS) is 10.0. The smallest absolute Gasteiger partial charge is 0.255 e. The third-order valence-electron chi connectivity index (χ3n) is 3.10. The van der Waals surface area contributed by atoms with Crippen molar-refractivity contribution in [2.75, 3.05) is 11.1 Å². The minimum absolute atomic E-state index is 0.00386. The number of nitrogens with one attached hydrogen (secondary N) is 3. The molecule has 0 fully saturated rings. The predicted molar refractivity (Wildman–Crippen MR) is 96.1 cm³/mol. The monoisotopic (exact) mass is 340 g/mol. The zero-order chi connectivity index (χ0) is 17.5. The van der Waals surface area contributed by atoms with Crippen LogP contribution in [0.5, 0.6) is 0 Å². The molecular weight excluding hydrogens is 324 g/mol. The number of aliphatic hydroxyl groups excluding tert-OH is 1.